The SMILES string of the molecule is Cc1ccccc1CNC(=O)c1cnc(Nc2c(Cl)cccc2Cl)cn1. The van der Waals surface area contributed by atoms with Crippen LogP contribution in [0.1, 0.15) is 21.6 Å². The Hall–Kier alpha value is -2.63. The van der Waals surface area contributed by atoms with Gasteiger partial charge in [-0.1, -0.05) is 53.5 Å². The van der Waals surface area contributed by atoms with Gasteiger partial charge in [-0.25, -0.2) is 9.97 Å². The van der Waals surface area contributed by atoms with E-state index in [1.54, 1.807) is 18.2 Å². The lowest BCUT2D eigenvalue weighted by Gasteiger charge is -2.10. The number of benzene rings is 2. The fraction of sp³-hybridized carbons (Fsp3) is 0.105. The lowest BCUT2D eigenvalue weighted by molar-refractivity contribution is 0.0945. The lowest BCUT2D eigenvalue weighted by Crippen LogP contribution is -2.24. The molecule has 0 bridgehead atoms. The molecule has 132 valence electrons. The molecule has 0 saturated heterocycles. The molecule has 2 aromatic carbocycles. The maximum atomic E-state index is 12.2. The molecule has 7 heteroatoms. The molecule has 0 aliphatic heterocycles. The summed E-state index contributed by atoms with van der Waals surface area (Å²) >= 11 is 12.2. The number of carbonyl (C=O) groups excluding carboxylic acids is 1. The molecular weight excluding hydrogens is 371 g/mol. The van der Waals surface area contributed by atoms with E-state index in [1.165, 1.54) is 12.4 Å². The van der Waals surface area contributed by atoms with Crippen molar-refractivity contribution in [3.8, 4) is 0 Å². The number of para-hydroxylation sites is 1. The van der Waals surface area contributed by atoms with Crippen LogP contribution in [0, 0.1) is 6.92 Å². The third-order valence-corrected chi connectivity index (χ3v) is 4.43. The predicted molar refractivity (Wildman–Crippen MR) is 104 cm³/mol. The molecule has 26 heavy (non-hydrogen) atoms. The molecule has 1 heterocycles. The van der Waals surface area contributed by atoms with Crippen LogP contribution in [0.5, 0.6) is 0 Å². The molecule has 1 aromatic heterocycles. The Balaban J connectivity index is 1.65. The number of carbonyl (C=O) groups is 1. The van der Waals surface area contributed by atoms with E-state index in [0.29, 0.717) is 28.1 Å². The van der Waals surface area contributed by atoms with E-state index >= 15 is 0 Å². The van der Waals surface area contributed by atoms with Crippen LogP contribution in [0.25, 0.3) is 0 Å². The van der Waals surface area contributed by atoms with Gasteiger partial charge < -0.3 is 10.6 Å². The third kappa shape index (κ3) is 4.31. The van der Waals surface area contributed by atoms with E-state index in [9.17, 15) is 4.79 Å². The highest BCUT2D eigenvalue weighted by atomic mass is 35.5. The second-order valence-corrected chi connectivity index (χ2v) is 6.43. The fourth-order valence-corrected chi connectivity index (χ4v) is 2.82. The van der Waals surface area contributed by atoms with Crippen molar-refractivity contribution < 1.29 is 4.79 Å². The highest BCUT2D eigenvalue weighted by Crippen LogP contribution is 2.31. The van der Waals surface area contributed by atoms with Crippen molar-refractivity contribution in [3.05, 3.63) is 81.7 Å². The largest absolute Gasteiger partial charge is 0.347 e. The van der Waals surface area contributed by atoms with Crippen LogP contribution >= 0.6 is 23.2 Å². The summed E-state index contributed by atoms with van der Waals surface area (Å²) < 4.78 is 0. The number of hydrogen-bond donors (Lipinski definition) is 2. The van der Waals surface area contributed by atoms with Gasteiger partial charge in [-0.2, -0.15) is 0 Å². The van der Waals surface area contributed by atoms with Gasteiger partial charge in [0.1, 0.15) is 11.5 Å². The monoisotopic (exact) mass is 386 g/mol. The van der Waals surface area contributed by atoms with Crippen molar-refractivity contribution in [1.29, 1.82) is 0 Å². The van der Waals surface area contributed by atoms with Crippen molar-refractivity contribution in [1.82, 2.24) is 15.3 Å². The third-order valence-electron chi connectivity index (χ3n) is 3.80. The summed E-state index contributed by atoms with van der Waals surface area (Å²) in [5, 5.41) is 6.79. The van der Waals surface area contributed by atoms with Gasteiger partial charge >= 0.3 is 0 Å². The highest BCUT2D eigenvalue weighted by Gasteiger charge is 2.10. The maximum absolute atomic E-state index is 12.2. The van der Waals surface area contributed by atoms with Gasteiger partial charge in [-0.15, -0.1) is 0 Å². The zero-order valence-electron chi connectivity index (χ0n) is 14.0. The first-order chi connectivity index (χ1) is 12.5. The summed E-state index contributed by atoms with van der Waals surface area (Å²) in [6, 6.07) is 13.1. The second-order valence-electron chi connectivity index (χ2n) is 5.62. The van der Waals surface area contributed by atoms with E-state index in [4.69, 9.17) is 23.2 Å². The van der Waals surface area contributed by atoms with Crippen LogP contribution in [0.4, 0.5) is 11.5 Å². The maximum Gasteiger partial charge on any atom is 0.271 e. The number of aryl methyl sites for hydroxylation is 1. The Kier molecular flexibility index (Phi) is 5.71. The number of anilines is 2. The van der Waals surface area contributed by atoms with E-state index < -0.39 is 0 Å². The minimum absolute atomic E-state index is 0.231. The molecule has 0 spiro atoms. The van der Waals surface area contributed by atoms with Crippen LogP contribution in [0.2, 0.25) is 10.0 Å². The van der Waals surface area contributed by atoms with E-state index in [2.05, 4.69) is 20.6 Å². The van der Waals surface area contributed by atoms with Gasteiger partial charge in [-0.3, -0.25) is 4.79 Å². The first kappa shape index (κ1) is 18.2. The first-order valence-corrected chi connectivity index (χ1v) is 8.66. The fourth-order valence-electron chi connectivity index (χ4n) is 2.33. The molecule has 0 radical (unpaired) electrons. The first-order valence-electron chi connectivity index (χ1n) is 7.90. The van der Waals surface area contributed by atoms with Gasteiger partial charge in [0.25, 0.3) is 5.91 Å². The Morgan fingerprint density at radius 2 is 1.73 bits per heavy atom. The Labute approximate surface area is 161 Å². The summed E-state index contributed by atoms with van der Waals surface area (Å²) in [7, 11) is 0. The molecule has 0 saturated carbocycles. The number of aromatic nitrogens is 2. The lowest BCUT2D eigenvalue weighted by atomic mass is 10.1. The van der Waals surface area contributed by atoms with E-state index in [1.807, 2.05) is 31.2 Å². The molecule has 3 aromatic rings. The van der Waals surface area contributed by atoms with Crippen LogP contribution in [0.3, 0.4) is 0 Å². The summed E-state index contributed by atoms with van der Waals surface area (Å²) in [6.45, 7) is 2.43. The molecule has 0 aliphatic rings. The summed E-state index contributed by atoms with van der Waals surface area (Å²) in [6.07, 6.45) is 2.86. The van der Waals surface area contributed by atoms with Gasteiger partial charge in [0.2, 0.25) is 0 Å². The highest BCUT2D eigenvalue weighted by molar-refractivity contribution is 6.39. The topological polar surface area (TPSA) is 66.9 Å². The number of hydrogen-bond acceptors (Lipinski definition) is 4. The normalized spacial score (nSPS) is 10.4. The number of nitrogens with one attached hydrogen (secondary N) is 2. The number of amides is 1. The average Bonchev–Trinajstić information content (AvgIpc) is 2.64. The van der Waals surface area contributed by atoms with Gasteiger partial charge in [0.15, 0.2) is 0 Å². The number of rotatable bonds is 5. The molecule has 3 rings (SSSR count). The molecule has 0 unspecified atom stereocenters. The van der Waals surface area contributed by atoms with Gasteiger partial charge in [0, 0.05) is 6.54 Å². The summed E-state index contributed by atoms with van der Waals surface area (Å²) in [4.78, 5) is 20.6. The Morgan fingerprint density at radius 3 is 2.38 bits per heavy atom. The number of halogens is 2. The Bertz CT molecular complexity index is 909. The Morgan fingerprint density at radius 1 is 1.00 bits per heavy atom. The number of nitrogens with zero attached hydrogens (tertiary/aromatic N) is 2. The van der Waals surface area contributed by atoms with Crippen molar-refractivity contribution >= 4 is 40.6 Å². The van der Waals surface area contributed by atoms with Crippen molar-refractivity contribution in [2.24, 2.45) is 0 Å². The molecule has 0 aliphatic carbocycles. The standard InChI is InChI=1S/C19H16Cl2N4O/c1-12-5-2-3-6-13(12)9-24-19(26)16-10-23-17(11-22-16)25-18-14(20)7-4-8-15(18)21/h2-8,10-11H,9H2,1H3,(H,23,25)(H,24,26). The zero-order chi connectivity index (χ0) is 18.5. The van der Waals surface area contributed by atoms with E-state index in [0.717, 1.165) is 11.1 Å². The summed E-state index contributed by atoms with van der Waals surface area (Å²) in [5.74, 6) is 0.151. The molecule has 1 amide bonds. The van der Waals surface area contributed by atoms with Crippen molar-refractivity contribution in [2.75, 3.05) is 5.32 Å². The molecule has 0 atom stereocenters. The quantitative estimate of drug-likeness (QED) is 0.662. The molecule has 2 N–H and O–H groups in total. The van der Waals surface area contributed by atoms with Gasteiger partial charge in [0.05, 0.1) is 28.1 Å². The average molecular weight is 387 g/mol. The van der Waals surface area contributed by atoms with Crippen LogP contribution < -0.4 is 10.6 Å². The molecule has 0 fully saturated rings. The second kappa shape index (κ2) is 8.17. The van der Waals surface area contributed by atoms with Crippen LogP contribution in [-0.4, -0.2) is 15.9 Å². The summed E-state index contributed by atoms with van der Waals surface area (Å²) in [5.41, 5.74) is 2.95. The predicted octanol–water partition coefficient (Wildman–Crippen LogP) is 4.77. The van der Waals surface area contributed by atoms with Crippen molar-refractivity contribution in [2.45, 2.75) is 13.5 Å². The van der Waals surface area contributed by atoms with Crippen molar-refractivity contribution in [3.63, 3.8) is 0 Å². The molecule has 5 nitrogen and oxygen atoms in total. The van der Waals surface area contributed by atoms with Crippen LogP contribution in [-0.2, 0) is 6.54 Å². The minimum atomic E-state index is -0.289. The van der Waals surface area contributed by atoms with Gasteiger partial charge in [-0.05, 0) is 30.2 Å². The zero-order valence-corrected chi connectivity index (χ0v) is 15.5. The smallest absolute Gasteiger partial charge is 0.271 e. The van der Waals surface area contributed by atoms with E-state index in [-0.39, 0.29) is 11.6 Å². The van der Waals surface area contributed by atoms with Crippen LogP contribution in [0.15, 0.2) is 54.9 Å². The molecular formula is C19H16Cl2N4O. The minimum Gasteiger partial charge on any atom is -0.347 e.